The van der Waals surface area contributed by atoms with E-state index in [0.29, 0.717) is 36.3 Å². The topological polar surface area (TPSA) is 103 Å². The van der Waals surface area contributed by atoms with Crippen molar-refractivity contribution in [2.24, 2.45) is 17.8 Å². The van der Waals surface area contributed by atoms with Gasteiger partial charge in [-0.25, -0.2) is 9.97 Å². The number of nitrogens with one attached hydrogen (secondary N) is 1. The molecule has 1 N–H and O–H groups in total. The minimum Gasteiger partial charge on any atom is -0.431 e. The summed E-state index contributed by atoms with van der Waals surface area (Å²) in [5, 5.41) is 2.94. The lowest BCUT2D eigenvalue weighted by Gasteiger charge is -2.26. The second-order valence-electron chi connectivity index (χ2n) is 9.75. The number of hydrogen-bond donors (Lipinski definition) is 1. The molecule has 0 bridgehead atoms. The summed E-state index contributed by atoms with van der Waals surface area (Å²) in [7, 11) is 0. The highest BCUT2D eigenvalue weighted by molar-refractivity contribution is 7.51. The van der Waals surface area contributed by atoms with E-state index in [4.69, 9.17) is 8.42 Å². The van der Waals surface area contributed by atoms with Crippen LogP contribution < -0.4 is 10.1 Å². The average molecular weight is 581 g/mol. The summed E-state index contributed by atoms with van der Waals surface area (Å²) in [5.41, 5.74) is 0.634. The number of amides is 1. The molecule has 2 aromatic heterocycles. The van der Waals surface area contributed by atoms with Crippen molar-refractivity contribution in [1.29, 1.82) is 0 Å². The Balaban J connectivity index is 0.00000170. The molecule has 0 aliphatic heterocycles. The van der Waals surface area contributed by atoms with E-state index in [9.17, 15) is 26.7 Å². The van der Waals surface area contributed by atoms with Crippen LogP contribution in [0, 0.1) is 24.7 Å². The van der Waals surface area contributed by atoms with E-state index in [-0.39, 0.29) is 28.7 Å². The lowest BCUT2D eigenvalue weighted by atomic mass is 9.83. The normalized spacial score (nSPS) is 18.2. The number of aryl methyl sites for hydroxylation is 1. The summed E-state index contributed by atoms with van der Waals surface area (Å²) >= 11 is -0.750. The summed E-state index contributed by atoms with van der Waals surface area (Å²) in [6, 6.07) is 1.14. The molecule has 2 heterocycles. The van der Waals surface area contributed by atoms with Crippen LogP contribution >= 0.6 is 0 Å². The number of ether oxygens (including phenoxy) is 1. The molecule has 2 aromatic rings. The Labute approximate surface area is 227 Å². The van der Waals surface area contributed by atoms with Gasteiger partial charge in [-0.3, -0.25) is 9.36 Å². The molecule has 0 radical (unpaired) electrons. The highest BCUT2D eigenvalue weighted by atomic mass is 32.1. The summed E-state index contributed by atoms with van der Waals surface area (Å²) in [6.45, 7) is 3.96. The van der Waals surface area contributed by atoms with Gasteiger partial charge in [0.2, 0.25) is 0 Å². The number of hydrogen-bond acceptors (Lipinski definition) is 6. The SMILES string of the molecule is CCc1nc(C(=O)NCC2CCC(C)CC2)c(C)n1-c1ncc(CC(C)C(F)(F)F)cc1OC(F)F.O=S=O. The van der Waals surface area contributed by atoms with E-state index in [1.54, 1.807) is 13.8 Å². The van der Waals surface area contributed by atoms with Gasteiger partial charge in [-0.05, 0) is 49.7 Å². The van der Waals surface area contributed by atoms with Crippen molar-refractivity contribution in [3.63, 3.8) is 0 Å². The van der Waals surface area contributed by atoms with Crippen LogP contribution in [0.4, 0.5) is 22.0 Å². The van der Waals surface area contributed by atoms with Gasteiger partial charge in [0.25, 0.3) is 5.91 Å². The lowest BCUT2D eigenvalue weighted by Crippen LogP contribution is -2.31. The Morgan fingerprint density at radius 3 is 2.38 bits per heavy atom. The van der Waals surface area contributed by atoms with Crippen molar-refractivity contribution >= 4 is 17.5 Å². The molecule has 1 saturated carbocycles. The van der Waals surface area contributed by atoms with Gasteiger partial charge in [-0.15, -0.1) is 0 Å². The lowest BCUT2D eigenvalue weighted by molar-refractivity contribution is -0.169. The fourth-order valence-corrected chi connectivity index (χ4v) is 4.56. The molecule has 0 saturated heterocycles. The van der Waals surface area contributed by atoms with Gasteiger partial charge >= 0.3 is 24.4 Å². The zero-order chi connectivity index (χ0) is 29.3. The molecule has 1 atom stereocenters. The summed E-state index contributed by atoms with van der Waals surface area (Å²) < 4.78 is 88.1. The van der Waals surface area contributed by atoms with E-state index in [2.05, 4.69) is 26.9 Å². The van der Waals surface area contributed by atoms with E-state index in [1.807, 2.05) is 0 Å². The van der Waals surface area contributed by atoms with Crippen LogP contribution in [0.25, 0.3) is 5.82 Å². The van der Waals surface area contributed by atoms with Gasteiger partial charge in [-0.2, -0.15) is 30.4 Å². The molecule has 1 aliphatic carbocycles. The number of pyridine rings is 1. The predicted octanol–water partition coefficient (Wildman–Crippen LogP) is 5.37. The van der Waals surface area contributed by atoms with Crippen LogP contribution in [0.3, 0.4) is 0 Å². The molecule has 8 nitrogen and oxygen atoms in total. The molecule has 39 heavy (non-hydrogen) atoms. The maximum absolute atomic E-state index is 13.2. The number of alkyl halides is 5. The zero-order valence-corrected chi connectivity index (χ0v) is 23.0. The van der Waals surface area contributed by atoms with Crippen LogP contribution in [0.1, 0.15) is 74.0 Å². The van der Waals surface area contributed by atoms with Crippen LogP contribution in [0.2, 0.25) is 0 Å². The highest BCUT2D eigenvalue weighted by Crippen LogP contribution is 2.32. The third-order valence-corrected chi connectivity index (χ3v) is 6.81. The molecule has 218 valence electrons. The minimum absolute atomic E-state index is 0.0547. The Morgan fingerprint density at radius 2 is 1.85 bits per heavy atom. The second kappa shape index (κ2) is 14.5. The smallest absolute Gasteiger partial charge is 0.391 e. The third-order valence-electron chi connectivity index (χ3n) is 6.81. The summed E-state index contributed by atoms with van der Waals surface area (Å²) in [4.78, 5) is 21.5. The summed E-state index contributed by atoms with van der Waals surface area (Å²) in [6.07, 6.45) is 1.05. The first-order chi connectivity index (χ1) is 18.3. The van der Waals surface area contributed by atoms with Gasteiger partial charge in [0, 0.05) is 19.2 Å². The van der Waals surface area contributed by atoms with Crippen molar-refractivity contribution < 1.29 is 39.9 Å². The Kier molecular flexibility index (Phi) is 12.0. The molecular weight excluding hydrogens is 547 g/mol. The first-order valence-corrected chi connectivity index (χ1v) is 13.3. The van der Waals surface area contributed by atoms with E-state index in [0.717, 1.165) is 38.7 Å². The van der Waals surface area contributed by atoms with Crippen molar-refractivity contribution in [3.8, 4) is 11.6 Å². The number of aromatic nitrogens is 3. The first kappa shape index (κ1) is 32.3. The predicted molar refractivity (Wildman–Crippen MR) is 133 cm³/mol. The number of imidazole rings is 1. The number of carbonyl (C=O) groups is 1. The molecule has 1 unspecified atom stereocenters. The molecule has 1 aliphatic rings. The molecule has 0 aromatic carbocycles. The molecule has 0 spiro atoms. The van der Waals surface area contributed by atoms with E-state index >= 15 is 0 Å². The highest BCUT2D eigenvalue weighted by Gasteiger charge is 2.36. The number of carbonyl (C=O) groups excluding carboxylic acids is 1. The van der Waals surface area contributed by atoms with Crippen LogP contribution in [-0.4, -0.2) is 48.2 Å². The van der Waals surface area contributed by atoms with Gasteiger partial charge in [0.05, 0.1) is 11.6 Å². The maximum atomic E-state index is 13.2. The monoisotopic (exact) mass is 580 g/mol. The molecule has 1 amide bonds. The number of halogens is 5. The largest absolute Gasteiger partial charge is 0.431 e. The molecule has 3 rings (SSSR count). The zero-order valence-electron chi connectivity index (χ0n) is 22.2. The van der Waals surface area contributed by atoms with Crippen LogP contribution in [-0.2, 0) is 24.4 Å². The standard InChI is InChI=1S/C25H33F5N4O2.O2S/c1-5-20-33-21(23(35)32-12-17-8-6-14(2)7-9-17)16(4)34(20)22-19(36-24(26)27)11-18(13-31-22)10-15(3)25(28,29)30;1-3-2/h11,13-15,17,24H,5-10,12H2,1-4H3,(H,32,35);. The van der Waals surface area contributed by atoms with Gasteiger partial charge < -0.3 is 10.1 Å². The van der Waals surface area contributed by atoms with Gasteiger partial charge in [0.1, 0.15) is 11.5 Å². The quantitative estimate of drug-likeness (QED) is 0.401. The Morgan fingerprint density at radius 1 is 1.23 bits per heavy atom. The Hall–Kier alpha value is -2.90. The number of rotatable bonds is 9. The first-order valence-electron chi connectivity index (χ1n) is 12.6. The fraction of sp³-hybridized carbons (Fsp3) is 0.640. The molecule has 14 heteroatoms. The average Bonchev–Trinajstić information content (AvgIpc) is 3.19. The van der Waals surface area contributed by atoms with Gasteiger partial charge in [-0.1, -0.05) is 33.6 Å². The van der Waals surface area contributed by atoms with Crippen molar-refractivity contribution in [1.82, 2.24) is 19.9 Å². The maximum Gasteiger partial charge on any atom is 0.391 e. The van der Waals surface area contributed by atoms with E-state index in [1.165, 1.54) is 10.8 Å². The van der Waals surface area contributed by atoms with Crippen LogP contribution in [0.15, 0.2) is 12.3 Å². The van der Waals surface area contributed by atoms with E-state index < -0.39 is 36.7 Å². The molecular formula is C25H33F5N4O4S. The third kappa shape index (κ3) is 9.07. The van der Waals surface area contributed by atoms with Crippen LogP contribution in [0.5, 0.6) is 5.75 Å². The van der Waals surface area contributed by atoms with Crippen molar-refractivity contribution in [3.05, 3.63) is 35.0 Å². The summed E-state index contributed by atoms with van der Waals surface area (Å²) in [5.74, 6) is -0.997. The molecule has 1 fully saturated rings. The second-order valence-corrected chi connectivity index (χ2v) is 9.88. The fourth-order valence-electron chi connectivity index (χ4n) is 4.56. The van der Waals surface area contributed by atoms with Crippen molar-refractivity contribution in [2.45, 2.75) is 79.0 Å². The van der Waals surface area contributed by atoms with Crippen molar-refractivity contribution in [2.75, 3.05) is 6.54 Å². The van der Waals surface area contributed by atoms with Gasteiger partial charge in [0.15, 0.2) is 11.6 Å². The Bertz CT molecular complexity index is 1140. The number of nitrogens with zero attached hydrogens (tertiary/aromatic N) is 3. The minimum atomic E-state index is -4.43.